The summed E-state index contributed by atoms with van der Waals surface area (Å²) in [6, 6.07) is 4.80. The molecule has 0 spiro atoms. The highest BCUT2D eigenvalue weighted by molar-refractivity contribution is 5.98. The van der Waals surface area contributed by atoms with Gasteiger partial charge in [-0.1, -0.05) is 12.1 Å². The number of carbonyl (C=O) groups is 2. The first-order chi connectivity index (χ1) is 7.02. The second kappa shape index (κ2) is 4.45. The molecule has 0 aromatic heterocycles. The Labute approximate surface area is 86.9 Å². The summed E-state index contributed by atoms with van der Waals surface area (Å²) in [6.07, 6.45) is 0. The summed E-state index contributed by atoms with van der Waals surface area (Å²) < 4.78 is 0. The van der Waals surface area contributed by atoms with Crippen LogP contribution in [0.3, 0.4) is 0 Å². The first-order valence-corrected chi connectivity index (χ1v) is 4.37. The lowest BCUT2D eigenvalue weighted by Gasteiger charge is -2.06. The van der Waals surface area contributed by atoms with Crippen LogP contribution in [-0.4, -0.2) is 23.5 Å². The average molecular weight is 208 g/mol. The van der Waals surface area contributed by atoms with E-state index >= 15 is 0 Å². The molecule has 0 bridgehead atoms. The highest BCUT2D eigenvalue weighted by atomic mass is 16.3. The van der Waals surface area contributed by atoms with Crippen LogP contribution in [0.25, 0.3) is 0 Å². The van der Waals surface area contributed by atoms with Crippen molar-refractivity contribution >= 4 is 11.8 Å². The van der Waals surface area contributed by atoms with Crippen molar-refractivity contribution in [3.63, 3.8) is 0 Å². The molecule has 5 heteroatoms. The molecule has 1 aromatic rings. The van der Waals surface area contributed by atoms with Gasteiger partial charge in [0.05, 0.1) is 12.1 Å². The molecule has 0 aliphatic carbocycles. The molecule has 15 heavy (non-hydrogen) atoms. The summed E-state index contributed by atoms with van der Waals surface area (Å²) in [4.78, 5) is 21.9. The highest BCUT2D eigenvalue weighted by Gasteiger charge is 2.12. The Morgan fingerprint density at radius 1 is 1.47 bits per heavy atom. The predicted octanol–water partition coefficient (Wildman–Crippen LogP) is -0.0843. The maximum atomic E-state index is 11.4. The molecular formula is C10H12N2O3. The molecule has 0 saturated carbocycles. The van der Waals surface area contributed by atoms with Crippen molar-refractivity contribution in [1.29, 1.82) is 0 Å². The van der Waals surface area contributed by atoms with Crippen molar-refractivity contribution in [2.45, 2.75) is 6.92 Å². The summed E-state index contributed by atoms with van der Waals surface area (Å²) in [6.45, 7) is 1.44. The molecule has 0 unspecified atom stereocenters. The second-order valence-corrected chi connectivity index (χ2v) is 3.12. The molecule has 0 fully saturated rings. The normalized spacial score (nSPS) is 9.67. The quantitative estimate of drug-likeness (QED) is 0.648. The lowest BCUT2D eigenvalue weighted by Crippen LogP contribution is -2.33. The molecule has 2 amide bonds. The van der Waals surface area contributed by atoms with E-state index in [2.05, 4.69) is 5.32 Å². The van der Waals surface area contributed by atoms with E-state index in [1.54, 1.807) is 19.1 Å². The third kappa shape index (κ3) is 2.70. The van der Waals surface area contributed by atoms with Gasteiger partial charge in [-0.2, -0.15) is 0 Å². The van der Waals surface area contributed by atoms with Crippen LogP contribution in [0.5, 0.6) is 5.75 Å². The maximum absolute atomic E-state index is 11.4. The summed E-state index contributed by atoms with van der Waals surface area (Å²) in [5.74, 6) is -1.23. The van der Waals surface area contributed by atoms with Gasteiger partial charge < -0.3 is 16.2 Å². The van der Waals surface area contributed by atoms with Crippen molar-refractivity contribution in [2.24, 2.45) is 5.73 Å². The fourth-order valence-corrected chi connectivity index (χ4v) is 1.10. The van der Waals surface area contributed by atoms with E-state index in [9.17, 15) is 14.7 Å². The topological polar surface area (TPSA) is 92.4 Å². The van der Waals surface area contributed by atoms with Crippen LogP contribution in [0.1, 0.15) is 15.9 Å². The lowest BCUT2D eigenvalue weighted by atomic mass is 10.1. The van der Waals surface area contributed by atoms with E-state index in [4.69, 9.17) is 5.73 Å². The van der Waals surface area contributed by atoms with Crippen molar-refractivity contribution in [3.05, 3.63) is 29.3 Å². The fourth-order valence-electron chi connectivity index (χ4n) is 1.10. The summed E-state index contributed by atoms with van der Waals surface area (Å²) >= 11 is 0. The Balaban J connectivity index is 2.82. The van der Waals surface area contributed by atoms with Gasteiger partial charge in [-0.15, -0.1) is 0 Å². The third-order valence-corrected chi connectivity index (χ3v) is 1.91. The Hall–Kier alpha value is -2.04. The monoisotopic (exact) mass is 208 g/mol. The first kappa shape index (κ1) is 11.0. The van der Waals surface area contributed by atoms with Crippen LogP contribution in [-0.2, 0) is 4.79 Å². The smallest absolute Gasteiger partial charge is 0.255 e. The number of primary amides is 1. The minimum atomic E-state index is -0.629. The summed E-state index contributed by atoms with van der Waals surface area (Å²) in [5.41, 5.74) is 5.60. The zero-order chi connectivity index (χ0) is 11.4. The number of aromatic hydroxyl groups is 1. The number of para-hydroxylation sites is 1. The van der Waals surface area contributed by atoms with Crippen molar-refractivity contribution in [1.82, 2.24) is 5.32 Å². The Kier molecular flexibility index (Phi) is 3.28. The number of rotatable bonds is 3. The molecule has 80 valence electrons. The van der Waals surface area contributed by atoms with Gasteiger partial charge in [-0.05, 0) is 18.6 Å². The number of benzene rings is 1. The van der Waals surface area contributed by atoms with Crippen LogP contribution in [0.4, 0.5) is 0 Å². The number of hydrogen-bond acceptors (Lipinski definition) is 3. The molecule has 1 rings (SSSR count). The number of phenols is 1. The van der Waals surface area contributed by atoms with E-state index < -0.39 is 11.8 Å². The number of nitrogens with one attached hydrogen (secondary N) is 1. The van der Waals surface area contributed by atoms with Gasteiger partial charge in [0.1, 0.15) is 5.75 Å². The molecule has 0 radical (unpaired) electrons. The molecule has 1 aromatic carbocycles. The van der Waals surface area contributed by atoms with Gasteiger partial charge in [-0.3, -0.25) is 9.59 Å². The first-order valence-electron chi connectivity index (χ1n) is 4.37. The molecule has 0 aliphatic heterocycles. The molecular weight excluding hydrogens is 196 g/mol. The van der Waals surface area contributed by atoms with E-state index in [0.717, 1.165) is 0 Å². The SMILES string of the molecule is Cc1cccc(C(=O)NCC(N)=O)c1O. The standard InChI is InChI=1S/C10H12N2O3/c1-6-3-2-4-7(9(6)14)10(15)12-5-8(11)13/h2-4,14H,5H2,1H3,(H2,11,13)(H,12,15). The third-order valence-electron chi connectivity index (χ3n) is 1.91. The van der Waals surface area contributed by atoms with Crippen LogP contribution in [0.15, 0.2) is 18.2 Å². The van der Waals surface area contributed by atoms with Gasteiger partial charge in [-0.25, -0.2) is 0 Å². The summed E-state index contributed by atoms with van der Waals surface area (Å²) in [7, 11) is 0. The number of nitrogens with two attached hydrogens (primary N) is 1. The molecule has 0 saturated heterocycles. The van der Waals surface area contributed by atoms with E-state index in [0.29, 0.717) is 5.56 Å². The largest absolute Gasteiger partial charge is 0.507 e. The molecule has 0 atom stereocenters. The van der Waals surface area contributed by atoms with E-state index in [1.807, 2.05) is 0 Å². The van der Waals surface area contributed by atoms with Gasteiger partial charge in [0.25, 0.3) is 5.91 Å². The van der Waals surface area contributed by atoms with Crippen LogP contribution in [0, 0.1) is 6.92 Å². The molecule has 0 aliphatic rings. The zero-order valence-electron chi connectivity index (χ0n) is 8.28. The van der Waals surface area contributed by atoms with Crippen LogP contribution >= 0.6 is 0 Å². The molecule has 0 heterocycles. The fraction of sp³-hybridized carbons (Fsp3) is 0.200. The molecule has 4 N–H and O–H groups in total. The van der Waals surface area contributed by atoms with Gasteiger partial charge in [0.15, 0.2) is 0 Å². The Morgan fingerprint density at radius 3 is 2.73 bits per heavy atom. The van der Waals surface area contributed by atoms with Gasteiger partial charge >= 0.3 is 0 Å². The van der Waals surface area contributed by atoms with Crippen molar-refractivity contribution in [2.75, 3.05) is 6.54 Å². The molecule has 5 nitrogen and oxygen atoms in total. The second-order valence-electron chi connectivity index (χ2n) is 3.12. The maximum Gasteiger partial charge on any atom is 0.255 e. The van der Waals surface area contributed by atoms with Gasteiger partial charge in [0, 0.05) is 0 Å². The lowest BCUT2D eigenvalue weighted by molar-refractivity contribution is -0.117. The number of hydrogen-bond donors (Lipinski definition) is 3. The predicted molar refractivity (Wildman–Crippen MR) is 54.4 cm³/mol. The number of phenolic OH excluding ortho intramolecular Hbond substituents is 1. The average Bonchev–Trinajstić information content (AvgIpc) is 2.18. The van der Waals surface area contributed by atoms with Gasteiger partial charge in [0.2, 0.25) is 5.91 Å². The highest BCUT2D eigenvalue weighted by Crippen LogP contribution is 2.20. The van der Waals surface area contributed by atoms with Crippen LogP contribution in [0.2, 0.25) is 0 Å². The van der Waals surface area contributed by atoms with Crippen molar-refractivity contribution < 1.29 is 14.7 Å². The minimum absolute atomic E-state index is 0.0838. The Bertz CT molecular complexity index is 402. The van der Waals surface area contributed by atoms with Crippen LogP contribution < -0.4 is 11.1 Å². The van der Waals surface area contributed by atoms with Crippen molar-refractivity contribution in [3.8, 4) is 5.75 Å². The number of aryl methyl sites for hydroxylation is 1. The zero-order valence-corrected chi connectivity index (χ0v) is 8.28. The Morgan fingerprint density at radius 2 is 2.13 bits per heavy atom. The minimum Gasteiger partial charge on any atom is -0.507 e. The van der Waals surface area contributed by atoms with E-state index in [-0.39, 0.29) is 17.9 Å². The number of amides is 2. The summed E-state index contributed by atoms with van der Waals surface area (Å²) in [5, 5.41) is 11.8. The van der Waals surface area contributed by atoms with E-state index in [1.165, 1.54) is 6.07 Å². The number of carbonyl (C=O) groups excluding carboxylic acids is 2.